The summed E-state index contributed by atoms with van der Waals surface area (Å²) in [7, 11) is 1.70. The average molecular weight is 475 g/mol. The zero-order valence-electron chi connectivity index (χ0n) is 16.5. The van der Waals surface area contributed by atoms with Crippen LogP contribution in [-0.2, 0) is 0 Å². The van der Waals surface area contributed by atoms with Crippen LogP contribution in [0, 0.1) is 0 Å². The highest BCUT2D eigenvalue weighted by Crippen LogP contribution is 2.20. The summed E-state index contributed by atoms with van der Waals surface area (Å²) in [5.74, 6) is 1.44. The summed E-state index contributed by atoms with van der Waals surface area (Å²) in [6.07, 6.45) is 1.04. The summed E-state index contributed by atoms with van der Waals surface area (Å²) >= 11 is 0. The summed E-state index contributed by atoms with van der Waals surface area (Å²) < 4.78 is 5.22. The van der Waals surface area contributed by atoms with E-state index in [1.54, 1.807) is 7.11 Å². The Morgan fingerprint density at radius 2 is 1.77 bits per heavy atom. The van der Waals surface area contributed by atoms with Crippen molar-refractivity contribution < 1.29 is 4.74 Å². The molecule has 0 spiro atoms. The van der Waals surface area contributed by atoms with Crippen molar-refractivity contribution in [3.05, 3.63) is 24.3 Å². The van der Waals surface area contributed by atoms with Crippen LogP contribution in [0.15, 0.2) is 29.3 Å². The number of piperazine rings is 1. The van der Waals surface area contributed by atoms with Crippen LogP contribution in [0.3, 0.4) is 0 Å². The Kier molecular flexibility index (Phi) is 9.49. The third-order valence-corrected chi connectivity index (χ3v) is 4.23. The van der Waals surface area contributed by atoms with E-state index in [0.717, 1.165) is 51.4 Å². The first kappa shape index (κ1) is 22.8. The molecule has 1 saturated heterocycles. The molecule has 0 aliphatic carbocycles. The van der Waals surface area contributed by atoms with Crippen molar-refractivity contribution >= 4 is 35.6 Å². The summed E-state index contributed by atoms with van der Waals surface area (Å²) in [4.78, 5) is 9.34. The van der Waals surface area contributed by atoms with E-state index in [2.05, 4.69) is 53.0 Å². The fourth-order valence-corrected chi connectivity index (χ4v) is 2.94. The van der Waals surface area contributed by atoms with Crippen molar-refractivity contribution in [3.8, 4) is 5.75 Å². The van der Waals surface area contributed by atoms with Crippen LogP contribution in [0.5, 0.6) is 5.75 Å². The third kappa shape index (κ3) is 7.99. The van der Waals surface area contributed by atoms with Gasteiger partial charge >= 0.3 is 0 Å². The molecule has 1 heterocycles. The predicted octanol–water partition coefficient (Wildman–Crippen LogP) is 2.53. The van der Waals surface area contributed by atoms with Crippen molar-refractivity contribution in [1.82, 2.24) is 10.2 Å². The molecule has 0 amide bonds. The van der Waals surface area contributed by atoms with Crippen LogP contribution in [0.2, 0.25) is 0 Å². The minimum atomic E-state index is -0.0363. The first-order chi connectivity index (χ1) is 11.9. The maximum absolute atomic E-state index is 5.89. The molecular weight excluding hydrogens is 441 g/mol. The standard InChI is InChI=1S/C19H33N5O.HI/c1-19(2,3)22-18(20)21-10-5-11-23-12-14-24(15-13-23)16-6-8-17(25-4)9-7-16;/h6-9H,5,10-15H2,1-4H3,(H3,20,21,22);1H. The topological polar surface area (TPSA) is 66.1 Å². The fraction of sp³-hybridized carbons (Fsp3) is 0.632. The van der Waals surface area contributed by atoms with E-state index < -0.39 is 0 Å². The summed E-state index contributed by atoms with van der Waals surface area (Å²) in [6, 6.07) is 8.31. The van der Waals surface area contributed by atoms with Crippen LogP contribution >= 0.6 is 24.0 Å². The molecule has 148 valence electrons. The fourth-order valence-electron chi connectivity index (χ4n) is 2.94. The minimum absolute atomic E-state index is 0. The van der Waals surface area contributed by atoms with Gasteiger partial charge in [0.05, 0.1) is 7.11 Å². The number of hydrogen-bond donors (Lipinski definition) is 2. The van der Waals surface area contributed by atoms with E-state index in [4.69, 9.17) is 10.5 Å². The number of ether oxygens (including phenoxy) is 1. The number of anilines is 1. The van der Waals surface area contributed by atoms with Crippen LogP contribution in [0.4, 0.5) is 5.69 Å². The predicted molar refractivity (Wildman–Crippen MR) is 121 cm³/mol. The van der Waals surface area contributed by atoms with E-state index in [1.807, 2.05) is 12.1 Å². The monoisotopic (exact) mass is 475 g/mol. The van der Waals surface area contributed by atoms with E-state index in [1.165, 1.54) is 5.69 Å². The van der Waals surface area contributed by atoms with Crippen molar-refractivity contribution in [2.75, 3.05) is 51.3 Å². The quantitative estimate of drug-likeness (QED) is 0.287. The van der Waals surface area contributed by atoms with Gasteiger partial charge < -0.3 is 20.7 Å². The molecule has 3 N–H and O–H groups in total. The minimum Gasteiger partial charge on any atom is -0.497 e. The van der Waals surface area contributed by atoms with Crippen LogP contribution in [0.25, 0.3) is 0 Å². The van der Waals surface area contributed by atoms with Gasteiger partial charge in [0.1, 0.15) is 5.75 Å². The van der Waals surface area contributed by atoms with E-state index in [9.17, 15) is 0 Å². The van der Waals surface area contributed by atoms with Crippen molar-refractivity contribution in [3.63, 3.8) is 0 Å². The zero-order valence-corrected chi connectivity index (χ0v) is 18.8. The van der Waals surface area contributed by atoms with Crippen molar-refractivity contribution in [2.24, 2.45) is 10.7 Å². The Balaban J connectivity index is 0.00000338. The number of hydrogen-bond acceptors (Lipinski definition) is 4. The van der Waals surface area contributed by atoms with Gasteiger partial charge in [-0.15, -0.1) is 24.0 Å². The average Bonchev–Trinajstić information content (AvgIpc) is 2.58. The molecule has 0 aromatic heterocycles. The van der Waals surface area contributed by atoms with Gasteiger partial charge in [0.2, 0.25) is 0 Å². The maximum Gasteiger partial charge on any atom is 0.188 e. The Morgan fingerprint density at radius 3 is 2.31 bits per heavy atom. The molecule has 0 atom stereocenters. The Hall–Kier alpha value is -1.22. The number of halogens is 1. The number of rotatable bonds is 6. The molecule has 7 heteroatoms. The molecule has 0 bridgehead atoms. The molecule has 1 fully saturated rings. The van der Waals surface area contributed by atoms with Gasteiger partial charge in [-0.2, -0.15) is 0 Å². The van der Waals surface area contributed by atoms with Gasteiger partial charge in [-0.1, -0.05) is 0 Å². The lowest BCUT2D eigenvalue weighted by molar-refractivity contribution is 0.256. The Morgan fingerprint density at radius 1 is 1.15 bits per heavy atom. The number of nitrogens with one attached hydrogen (secondary N) is 1. The zero-order chi connectivity index (χ0) is 18.3. The van der Waals surface area contributed by atoms with E-state index in [-0.39, 0.29) is 29.5 Å². The number of benzene rings is 1. The number of nitrogens with zero attached hydrogens (tertiary/aromatic N) is 3. The number of methoxy groups -OCH3 is 1. The number of aliphatic imine (C=N–C) groups is 1. The molecule has 0 radical (unpaired) electrons. The lowest BCUT2D eigenvalue weighted by Crippen LogP contribution is -2.47. The van der Waals surface area contributed by atoms with Gasteiger partial charge in [0.15, 0.2) is 5.96 Å². The maximum atomic E-state index is 5.89. The largest absolute Gasteiger partial charge is 0.497 e. The molecule has 26 heavy (non-hydrogen) atoms. The SMILES string of the molecule is COc1ccc(N2CCN(CCCN=C(N)NC(C)(C)C)CC2)cc1.I. The highest BCUT2D eigenvalue weighted by Gasteiger charge is 2.16. The molecule has 1 aromatic carbocycles. The summed E-state index contributed by atoms with van der Waals surface area (Å²) in [6.45, 7) is 12.4. The lowest BCUT2D eigenvalue weighted by Gasteiger charge is -2.36. The van der Waals surface area contributed by atoms with E-state index >= 15 is 0 Å². The molecule has 0 saturated carbocycles. The first-order valence-corrected chi connectivity index (χ1v) is 9.07. The molecule has 6 nitrogen and oxygen atoms in total. The Bertz CT molecular complexity index is 548. The third-order valence-electron chi connectivity index (χ3n) is 4.23. The summed E-state index contributed by atoms with van der Waals surface area (Å²) in [5, 5.41) is 3.19. The van der Waals surface area contributed by atoms with Gasteiger partial charge in [0, 0.05) is 50.5 Å². The first-order valence-electron chi connectivity index (χ1n) is 9.07. The number of guanidine groups is 1. The molecular formula is C19H34IN5O. The number of nitrogens with two attached hydrogens (primary N) is 1. The molecule has 0 unspecified atom stereocenters. The van der Waals surface area contributed by atoms with Gasteiger partial charge in [-0.3, -0.25) is 9.89 Å². The normalized spacial score (nSPS) is 16.2. The van der Waals surface area contributed by atoms with Crippen LogP contribution in [0.1, 0.15) is 27.2 Å². The molecule has 1 aliphatic rings. The lowest BCUT2D eigenvalue weighted by atomic mass is 10.1. The second-order valence-corrected chi connectivity index (χ2v) is 7.52. The Labute approximate surface area is 175 Å². The highest BCUT2D eigenvalue weighted by molar-refractivity contribution is 14.0. The van der Waals surface area contributed by atoms with Gasteiger partial charge in [-0.25, -0.2) is 0 Å². The van der Waals surface area contributed by atoms with Crippen molar-refractivity contribution in [2.45, 2.75) is 32.7 Å². The highest BCUT2D eigenvalue weighted by atomic mass is 127. The molecule has 1 aliphatic heterocycles. The summed E-state index contributed by atoms with van der Waals surface area (Å²) in [5.41, 5.74) is 7.13. The van der Waals surface area contributed by atoms with Crippen molar-refractivity contribution in [1.29, 1.82) is 0 Å². The second kappa shape index (κ2) is 10.8. The van der Waals surface area contributed by atoms with Crippen LogP contribution in [-0.4, -0.2) is 62.8 Å². The van der Waals surface area contributed by atoms with Gasteiger partial charge in [0.25, 0.3) is 0 Å². The second-order valence-electron chi connectivity index (χ2n) is 7.52. The van der Waals surface area contributed by atoms with Gasteiger partial charge in [-0.05, 0) is 51.5 Å². The molecule has 1 aromatic rings. The molecule has 2 rings (SSSR count). The van der Waals surface area contributed by atoms with E-state index in [0.29, 0.717) is 5.96 Å². The van der Waals surface area contributed by atoms with Crippen LogP contribution < -0.4 is 20.7 Å². The smallest absolute Gasteiger partial charge is 0.188 e.